The summed E-state index contributed by atoms with van der Waals surface area (Å²) in [6.07, 6.45) is 0.980. The van der Waals surface area contributed by atoms with Crippen molar-refractivity contribution in [3.8, 4) is 11.5 Å². The predicted octanol–water partition coefficient (Wildman–Crippen LogP) is 3.99. The second-order valence-electron chi connectivity index (χ2n) is 4.23. The van der Waals surface area contributed by atoms with Crippen LogP contribution in [-0.4, -0.2) is 26.3 Å². The number of hydrogen-bond acceptors (Lipinski definition) is 3. The molecule has 0 bridgehead atoms. The second-order valence-corrected chi connectivity index (χ2v) is 5.94. The molecule has 1 N–H and O–H groups in total. The zero-order valence-corrected chi connectivity index (χ0v) is 14.1. The molecular formula is C13H19Br2NO2. The fraction of sp³-hybridized carbons (Fsp3) is 0.538. The number of benzene rings is 1. The van der Waals surface area contributed by atoms with Gasteiger partial charge in [0.05, 0.1) is 22.7 Å². The van der Waals surface area contributed by atoms with Crippen LogP contribution in [-0.2, 0) is 0 Å². The molecule has 0 unspecified atom stereocenters. The first-order valence-electron chi connectivity index (χ1n) is 5.93. The molecule has 0 atom stereocenters. The van der Waals surface area contributed by atoms with Crippen molar-refractivity contribution < 1.29 is 9.47 Å². The van der Waals surface area contributed by atoms with Gasteiger partial charge in [-0.2, -0.15) is 0 Å². The molecule has 0 fully saturated rings. The Morgan fingerprint density at radius 3 is 2.39 bits per heavy atom. The summed E-state index contributed by atoms with van der Waals surface area (Å²) < 4.78 is 12.7. The SMILES string of the molecule is COc1cc(Br)c(OCCCNC(C)C)cc1Br. The molecule has 5 heteroatoms. The number of halogens is 2. The van der Waals surface area contributed by atoms with Crippen LogP contribution in [0.25, 0.3) is 0 Å². The lowest BCUT2D eigenvalue weighted by Crippen LogP contribution is -2.24. The van der Waals surface area contributed by atoms with E-state index in [2.05, 4.69) is 51.0 Å². The highest BCUT2D eigenvalue weighted by atomic mass is 79.9. The first kappa shape index (κ1) is 15.8. The summed E-state index contributed by atoms with van der Waals surface area (Å²) in [5, 5.41) is 3.36. The largest absolute Gasteiger partial charge is 0.496 e. The van der Waals surface area contributed by atoms with Gasteiger partial charge >= 0.3 is 0 Å². The van der Waals surface area contributed by atoms with Gasteiger partial charge in [-0.15, -0.1) is 0 Å². The molecule has 0 aliphatic heterocycles. The molecule has 3 nitrogen and oxygen atoms in total. The molecule has 18 heavy (non-hydrogen) atoms. The summed E-state index contributed by atoms with van der Waals surface area (Å²) >= 11 is 6.92. The maximum atomic E-state index is 5.73. The van der Waals surface area contributed by atoms with Crippen LogP contribution in [0.3, 0.4) is 0 Å². The van der Waals surface area contributed by atoms with Crippen LogP contribution in [0.15, 0.2) is 21.1 Å². The normalized spacial score (nSPS) is 10.8. The Balaban J connectivity index is 2.45. The fourth-order valence-corrected chi connectivity index (χ4v) is 2.34. The quantitative estimate of drug-likeness (QED) is 0.725. The van der Waals surface area contributed by atoms with Crippen LogP contribution in [0.2, 0.25) is 0 Å². The summed E-state index contributed by atoms with van der Waals surface area (Å²) in [4.78, 5) is 0. The lowest BCUT2D eigenvalue weighted by Gasteiger charge is -2.12. The van der Waals surface area contributed by atoms with E-state index in [-0.39, 0.29) is 0 Å². The highest BCUT2D eigenvalue weighted by Crippen LogP contribution is 2.35. The standard InChI is InChI=1S/C13H19Br2NO2/c1-9(2)16-5-4-6-18-13-8-10(14)12(17-3)7-11(13)15/h7-9,16H,4-6H2,1-3H3. The van der Waals surface area contributed by atoms with Gasteiger partial charge in [0.25, 0.3) is 0 Å². The minimum atomic E-state index is 0.520. The molecule has 0 heterocycles. The maximum Gasteiger partial charge on any atom is 0.134 e. The molecule has 0 amide bonds. The summed E-state index contributed by atoms with van der Waals surface area (Å²) in [5.41, 5.74) is 0. The minimum absolute atomic E-state index is 0.520. The van der Waals surface area contributed by atoms with Gasteiger partial charge in [-0.25, -0.2) is 0 Å². The zero-order chi connectivity index (χ0) is 13.5. The summed E-state index contributed by atoms with van der Waals surface area (Å²) in [7, 11) is 1.64. The lowest BCUT2D eigenvalue weighted by atomic mass is 10.3. The van der Waals surface area contributed by atoms with Gasteiger partial charge in [-0.05, 0) is 57.0 Å². The van der Waals surface area contributed by atoms with E-state index in [0.29, 0.717) is 12.6 Å². The Hall–Kier alpha value is -0.260. The van der Waals surface area contributed by atoms with Gasteiger partial charge in [-0.3, -0.25) is 0 Å². The van der Waals surface area contributed by atoms with Gasteiger partial charge in [0.2, 0.25) is 0 Å². The van der Waals surface area contributed by atoms with E-state index in [4.69, 9.17) is 9.47 Å². The third-order valence-corrected chi connectivity index (χ3v) is 3.58. The van der Waals surface area contributed by atoms with Gasteiger partial charge < -0.3 is 14.8 Å². The van der Waals surface area contributed by atoms with Crippen molar-refractivity contribution in [2.24, 2.45) is 0 Å². The topological polar surface area (TPSA) is 30.5 Å². The van der Waals surface area contributed by atoms with E-state index >= 15 is 0 Å². The molecule has 102 valence electrons. The summed E-state index contributed by atoms with van der Waals surface area (Å²) in [6.45, 7) is 5.93. The summed E-state index contributed by atoms with van der Waals surface area (Å²) in [6, 6.07) is 4.33. The summed E-state index contributed by atoms with van der Waals surface area (Å²) in [5.74, 6) is 1.61. The van der Waals surface area contributed by atoms with Gasteiger partial charge in [0.1, 0.15) is 11.5 Å². The van der Waals surface area contributed by atoms with Crippen molar-refractivity contribution in [2.45, 2.75) is 26.3 Å². The van der Waals surface area contributed by atoms with Crippen LogP contribution in [0.4, 0.5) is 0 Å². The molecule has 1 aromatic rings. The van der Waals surface area contributed by atoms with Crippen LogP contribution < -0.4 is 14.8 Å². The molecule has 0 spiro atoms. The molecule has 0 radical (unpaired) electrons. The lowest BCUT2D eigenvalue weighted by molar-refractivity contribution is 0.303. The number of methoxy groups -OCH3 is 1. The van der Waals surface area contributed by atoms with E-state index in [1.54, 1.807) is 7.11 Å². The Kier molecular flexibility index (Phi) is 7.04. The molecular weight excluding hydrogens is 362 g/mol. The van der Waals surface area contributed by atoms with Crippen molar-refractivity contribution in [1.82, 2.24) is 5.32 Å². The Bertz CT molecular complexity index is 383. The van der Waals surface area contributed by atoms with E-state index < -0.39 is 0 Å². The maximum absolute atomic E-state index is 5.73. The van der Waals surface area contributed by atoms with Crippen molar-refractivity contribution in [3.05, 3.63) is 21.1 Å². The first-order chi connectivity index (χ1) is 8.54. The van der Waals surface area contributed by atoms with Crippen LogP contribution >= 0.6 is 31.9 Å². The van der Waals surface area contributed by atoms with Crippen molar-refractivity contribution >= 4 is 31.9 Å². The number of rotatable bonds is 7. The molecule has 0 aliphatic rings. The molecule has 0 saturated heterocycles. The Labute approximate surface area is 125 Å². The van der Waals surface area contributed by atoms with E-state index in [1.165, 1.54) is 0 Å². The van der Waals surface area contributed by atoms with Crippen LogP contribution in [0.1, 0.15) is 20.3 Å². The molecule has 0 aromatic heterocycles. The van der Waals surface area contributed by atoms with Gasteiger partial charge in [-0.1, -0.05) is 13.8 Å². The molecule has 1 rings (SSSR count). The second kappa shape index (κ2) is 8.02. The fourth-order valence-electron chi connectivity index (χ4n) is 1.42. The zero-order valence-electron chi connectivity index (χ0n) is 10.9. The minimum Gasteiger partial charge on any atom is -0.496 e. The van der Waals surface area contributed by atoms with Gasteiger partial charge in [0.15, 0.2) is 0 Å². The van der Waals surface area contributed by atoms with Crippen molar-refractivity contribution in [1.29, 1.82) is 0 Å². The average Bonchev–Trinajstić information content (AvgIpc) is 2.32. The number of hydrogen-bond donors (Lipinski definition) is 1. The third-order valence-electron chi connectivity index (χ3n) is 2.34. The van der Waals surface area contributed by atoms with Gasteiger partial charge in [0, 0.05) is 6.04 Å². The van der Waals surface area contributed by atoms with Crippen LogP contribution in [0, 0.1) is 0 Å². The number of nitrogens with one attached hydrogen (secondary N) is 1. The van der Waals surface area contributed by atoms with E-state index in [9.17, 15) is 0 Å². The van der Waals surface area contributed by atoms with Crippen LogP contribution in [0.5, 0.6) is 11.5 Å². The molecule has 1 aromatic carbocycles. The first-order valence-corrected chi connectivity index (χ1v) is 7.52. The monoisotopic (exact) mass is 379 g/mol. The highest BCUT2D eigenvalue weighted by Gasteiger charge is 2.07. The van der Waals surface area contributed by atoms with E-state index in [1.807, 2.05) is 12.1 Å². The molecule has 0 saturated carbocycles. The van der Waals surface area contributed by atoms with E-state index in [0.717, 1.165) is 33.4 Å². The number of ether oxygens (including phenoxy) is 2. The van der Waals surface area contributed by atoms with Crippen molar-refractivity contribution in [3.63, 3.8) is 0 Å². The molecule has 0 aliphatic carbocycles. The highest BCUT2D eigenvalue weighted by molar-refractivity contribution is 9.11. The predicted molar refractivity (Wildman–Crippen MR) is 81.6 cm³/mol. The Morgan fingerprint density at radius 1 is 1.17 bits per heavy atom. The Morgan fingerprint density at radius 2 is 1.78 bits per heavy atom. The average molecular weight is 381 g/mol. The van der Waals surface area contributed by atoms with Crippen molar-refractivity contribution in [2.75, 3.05) is 20.3 Å². The third kappa shape index (κ3) is 5.16. The smallest absolute Gasteiger partial charge is 0.134 e.